The molecule has 0 fully saturated rings. The number of carbonyl (C=O) groups is 1. The summed E-state index contributed by atoms with van der Waals surface area (Å²) in [4.78, 5) is 10.3. The highest BCUT2D eigenvalue weighted by molar-refractivity contribution is 5.66. The summed E-state index contributed by atoms with van der Waals surface area (Å²) in [6.07, 6.45) is 22.2. The van der Waals surface area contributed by atoms with Crippen LogP contribution in [0.4, 0.5) is 0 Å². The number of rotatable bonds is 18. The summed E-state index contributed by atoms with van der Waals surface area (Å²) < 4.78 is 0. The van der Waals surface area contributed by atoms with E-state index < -0.39 is 5.97 Å². The van der Waals surface area contributed by atoms with Gasteiger partial charge < -0.3 is 10.2 Å². The molecule has 0 spiro atoms. The van der Waals surface area contributed by atoms with Gasteiger partial charge in [-0.2, -0.15) is 0 Å². The second-order valence-corrected chi connectivity index (χ2v) is 7.17. The van der Waals surface area contributed by atoms with Gasteiger partial charge in [-0.05, 0) is 12.8 Å². The van der Waals surface area contributed by atoms with Gasteiger partial charge in [0.05, 0.1) is 0 Å². The fraction of sp³-hybridized carbons (Fsp3) is 0.955. The van der Waals surface area contributed by atoms with Crippen molar-refractivity contribution < 1.29 is 15.0 Å². The van der Waals surface area contributed by atoms with Gasteiger partial charge >= 0.3 is 5.97 Å². The standard InChI is InChI=1S/C18H36O2.C4H10O/c1-2-3-4-5-6-7-8-9-10-11-12-13-14-15-16-17-18(19)20;1-2-3-4-5/h2-17H2,1H3,(H,19,20);5H,2-4H2,1H3. The molecular formula is C22H46O3. The molecule has 0 rings (SSSR count). The first-order valence-corrected chi connectivity index (χ1v) is 11.0. The predicted molar refractivity (Wildman–Crippen MR) is 109 cm³/mol. The van der Waals surface area contributed by atoms with Gasteiger partial charge in [0.1, 0.15) is 0 Å². The summed E-state index contributed by atoms with van der Waals surface area (Å²) >= 11 is 0. The Morgan fingerprint density at radius 2 is 0.880 bits per heavy atom. The highest BCUT2D eigenvalue weighted by Gasteiger charge is 1.97. The summed E-state index contributed by atoms with van der Waals surface area (Å²) in [6.45, 7) is 4.67. The Morgan fingerprint density at radius 3 is 1.12 bits per heavy atom. The highest BCUT2D eigenvalue weighted by Crippen LogP contribution is 2.13. The van der Waals surface area contributed by atoms with Crippen molar-refractivity contribution in [1.29, 1.82) is 0 Å². The van der Waals surface area contributed by atoms with Crippen LogP contribution in [0.2, 0.25) is 0 Å². The van der Waals surface area contributed by atoms with Gasteiger partial charge in [0, 0.05) is 13.0 Å². The van der Waals surface area contributed by atoms with Gasteiger partial charge in [-0.3, -0.25) is 4.79 Å². The number of aliphatic hydroxyl groups is 1. The van der Waals surface area contributed by atoms with E-state index >= 15 is 0 Å². The second kappa shape index (κ2) is 25.7. The van der Waals surface area contributed by atoms with Crippen molar-refractivity contribution in [2.24, 2.45) is 0 Å². The molecule has 0 saturated carbocycles. The first-order chi connectivity index (χ1) is 12.2. The van der Waals surface area contributed by atoms with Crippen LogP contribution in [0, 0.1) is 0 Å². The average molecular weight is 359 g/mol. The van der Waals surface area contributed by atoms with Gasteiger partial charge in [-0.1, -0.05) is 110 Å². The van der Waals surface area contributed by atoms with E-state index in [1.165, 1.54) is 83.5 Å². The SMILES string of the molecule is CCCCCCCCCCCCCCCCCC(=O)O.CCCCO. The second-order valence-electron chi connectivity index (χ2n) is 7.17. The fourth-order valence-corrected chi connectivity index (χ4v) is 2.81. The maximum atomic E-state index is 10.3. The number of hydrogen-bond acceptors (Lipinski definition) is 2. The van der Waals surface area contributed by atoms with E-state index in [2.05, 4.69) is 13.8 Å². The molecule has 0 atom stereocenters. The molecular weight excluding hydrogens is 312 g/mol. The third kappa shape index (κ3) is 31.7. The van der Waals surface area contributed by atoms with Crippen molar-refractivity contribution in [2.45, 2.75) is 129 Å². The van der Waals surface area contributed by atoms with Crippen LogP contribution in [-0.4, -0.2) is 22.8 Å². The lowest BCUT2D eigenvalue weighted by Gasteiger charge is -2.03. The lowest BCUT2D eigenvalue weighted by atomic mass is 10.0. The van der Waals surface area contributed by atoms with Gasteiger partial charge in [0.15, 0.2) is 0 Å². The maximum absolute atomic E-state index is 10.3. The highest BCUT2D eigenvalue weighted by atomic mass is 16.4. The van der Waals surface area contributed by atoms with Crippen molar-refractivity contribution in [1.82, 2.24) is 0 Å². The Balaban J connectivity index is 0. The van der Waals surface area contributed by atoms with E-state index in [-0.39, 0.29) is 0 Å². The summed E-state index contributed by atoms with van der Waals surface area (Å²) in [5.41, 5.74) is 0. The predicted octanol–water partition coefficient (Wildman–Crippen LogP) is 7.11. The first kappa shape index (κ1) is 26.7. The summed E-state index contributed by atoms with van der Waals surface area (Å²) in [7, 11) is 0. The van der Waals surface area contributed by atoms with Gasteiger partial charge in [0.25, 0.3) is 0 Å². The molecule has 0 aromatic carbocycles. The van der Waals surface area contributed by atoms with E-state index in [0.717, 1.165) is 25.7 Å². The molecule has 3 heteroatoms. The molecule has 0 radical (unpaired) electrons. The van der Waals surface area contributed by atoms with Crippen molar-refractivity contribution in [3.63, 3.8) is 0 Å². The largest absolute Gasteiger partial charge is 0.481 e. The normalized spacial score (nSPS) is 10.4. The topological polar surface area (TPSA) is 57.5 Å². The van der Waals surface area contributed by atoms with Crippen LogP contribution < -0.4 is 0 Å². The molecule has 0 aliphatic carbocycles. The molecule has 0 heterocycles. The zero-order valence-corrected chi connectivity index (χ0v) is 17.2. The zero-order chi connectivity index (χ0) is 19.0. The quantitative estimate of drug-likeness (QED) is 0.257. The Bertz CT molecular complexity index is 239. The Hall–Kier alpha value is -0.570. The number of aliphatic hydroxyl groups excluding tert-OH is 1. The third-order valence-corrected chi connectivity index (χ3v) is 4.51. The van der Waals surface area contributed by atoms with Gasteiger partial charge in [0.2, 0.25) is 0 Å². The molecule has 0 aromatic rings. The third-order valence-electron chi connectivity index (χ3n) is 4.51. The number of hydrogen-bond donors (Lipinski definition) is 2. The van der Waals surface area contributed by atoms with E-state index in [0.29, 0.717) is 13.0 Å². The minimum Gasteiger partial charge on any atom is -0.481 e. The van der Waals surface area contributed by atoms with Gasteiger partial charge in [-0.25, -0.2) is 0 Å². The lowest BCUT2D eigenvalue weighted by molar-refractivity contribution is -0.137. The van der Waals surface area contributed by atoms with Gasteiger partial charge in [-0.15, -0.1) is 0 Å². The van der Waals surface area contributed by atoms with Crippen molar-refractivity contribution in [3.05, 3.63) is 0 Å². The monoisotopic (exact) mass is 358 g/mol. The zero-order valence-electron chi connectivity index (χ0n) is 17.2. The van der Waals surface area contributed by atoms with Crippen LogP contribution in [-0.2, 0) is 4.79 Å². The molecule has 0 aliphatic rings. The average Bonchev–Trinajstić information content (AvgIpc) is 2.59. The molecule has 25 heavy (non-hydrogen) atoms. The van der Waals surface area contributed by atoms with Crippen LogP contribution in [0.3, 0.4) is 0 Å². The van der Waals surface area contributed by atoms with Crippen molar-refractivity contribution in [3.8, 4) is 0 Å². The number of carboxylic acid groups (broad SMARTS) is 1. The molecule has 0 unspecified atom stereocenters. The van der Waals surface area contributed by atoms with Crippen LogP contribution in [0.25, 0.3) is 0 Å². The Kier molecular flexibility index (Phi) is 27.4. The molecule has 152 valence electrons. The summed E-state index contributed by atoms with van der Waals surface area (Å²) in [5, 5.41) is 16.6. The van der Waals surface area contributed by atoms with E-state index in [9.17, 15) is 4.79 Å². The van der Waals surface area contributed by atoms with Crippen LogP contribution in [0.15, 0.2) is 0 Å². The van der Waals surface area contributed by atoms with Crippen LogP contribution in [0.1, 0.15) is 129 Å². The summed E-state index contributed by atoms with van der Waals surface area (Å²) in [5.74, 6) is -0.653. The van der Waals surface area contributed by atoms with Crippen LogP contribution in [0.5, 0.6) is 0 Å². The minimum absolute atomic E-state index is 0.344. The van der Waals surface area contributed by atoms with E-state index in [1.54, 1.807) is 0 Å². The Labute approximate surface area is 157 Å². The molecule has 0 bridgehead atoms. The first-order valence-electron chi connectivity index (χ1n) is 11.0. The molecule has 2 N–H and O–H groups in total. The smallest absolute Gasteiger partial charge is 0.303 e. The molecule has 0 saturated heterocycles. The molecule has 3 nitrogen and oxygen atoms in total. The van der Waals surface area contributed by atoms with Crippen molar-refractivity contribution in [2.75, 3.05) is 6.61 Å². The molecule has 0 aliphatic heterocycles. The minimum atomic E-state index is -0.653. The van der Waals surface area contributed by atoms with E-state index in [4.69, 9.17) is 10.2 Å². The number of unbranched alkanes of at least 4 members (excludes halogenated alkanes) is 15. The van der Waals surface area contributed by atoms with E-state index in [1.807, 2.05) is 0 Å². The number of aliphatic carboxylic acids is 1. The lowest BCUT2D eigenvalue weighted by Crippen LogP contribution is -1.93. The van der Waals surface area contributed by atoms with Crippen molar-refractivity contribution >= 4 is 5.97 Å². The number of carboxylic acids is 1. The molecule has 0 aromatic heterocycles. The fourth-order valence-electron chi connectivity index (χ4n) is 2.81. The molecule has 0 amide bonds. The van der Waals surface area contributed by atoms with Crippen LogP contribution >= 0.6 is 0 Å². The summed E-state index contributed by atoms with van der Waals surface area (Å²) in [6, 6.07) is 0. The Morgan fingerprint density at radius 1 is 0.560 bits per heavy atom. The maximum Gasteiger partial charge on any atom is 0.303 e.